The molecule has 0 aromatic carbocycles. The van der Waals surface area contributed by atoms with E-state index in [1.54, 1.807) is 32.1 Å². The van der Waals surface area contributed by atoms with E-state index in [1.807, 2.05) is 0 Å². The lowest BCUT2D eigenvalue weighted by Gasteiger charge is -2.61. The predicted molar refractivity (Wildman–Crippen MR) is 104 cm³/mol. The molecule has 0 heteroatoms. The van der Waals surface area contributed by atoms with Crippen LogP contribution in [0.4, 0.5) is 0 Å². The molecule has 4 fully saturated rings. The second-order valence-electron chi connectivity index (χ2n) is 10.6. The maximum Gasteiger partial charge on any atom is -0.0264 e. The van der Waals surface area contributed by atoms with Crippen molar-refractivity contribution in [1.82, 2.24) is 0 Å². The van der Waals surface area contributed by atoms with Crippen LogP contribution in [-0.4, -0.2) is 0 Å². The van der Waals surface area contributed by atoms with Gasteiger partial charge in [0.05, 0.1) is 0 Å². The lowest BCUT2D eigenvalue weighted by molar-refractivity contribution is -0.114. The summed E-state index contributed by atoms with van der Waals surface area (Å²) in [7, 11) is 0. The molecule has 0 spiro atoms. The molecular weight excluding hydrogens is 288 g/mol. The molecule has 4 aliphatic carbocycles. The highest BCUT2D eigenvalue weighted by Crippen LogP contribution is 2.68. The molecule has 0 nitrogen and oxygen atoms in total. The maximum atomic E-state index is 4.02. The molecule has 0 unspecified atom stereocenters. The molecular formula is C24H40. The fourth-order valence-electron chi connectivity index (χ4n) is 8.70. The minimum absolute atomic E-state index is 0.640. The summed E-state index contributed by atoms with van der Waals surface area (Å²) >= 11 is 0. The highest BCUT2D eigenvalue weighted by molar-refractivity contribution is 5.09. The van der Waals surface area contributed by atoms with Crippen LogP contribution >= 0.6 is 0 Å². The van der Waals surface area contributed by atoms with E-state index >= 15 is 0 Å². The first-order chi connectivity index (χ1) is 11.5. The first-order valence-corrected chi connectivity index (χ1v) is 11.1. The first kappa shape index (κ1) is 17.2. The summed E-state index contributed by atoms with van der Waals surface area (Å²) in [6, 6.07) is 0. The zero-order valence-electron chi connectivity index (χ0n) is 16.5. The Labute approximate surface area is 150 Å². The van der Waals surface area contributed by atoms with Crippen molar-refractivity contribution < 1.29 is 0 Å². The van der Waals surface area contributed by atoms with Crippen LogP contribution < -0.4 is 0 Å². The Balaban J connectivity index is 1.58. The van der Waals surface area contributed by atoms with Gasteiger partial charge >= 0.3 is 0 Å². The Morgan fingerprint density at radius 3 is 2.50 bits per heavy atom. The molecule has 0 heterocycles. The van der Waals surface area contributed by atoms with Crippen molar-refractivity contribution in [3.63, 3.8) is 0 Å². The quantitative estimate of drug-likeness (QED) is 0.479. The van der Waals surface area contributed by atoms with Gasteiger partial charge in [-0.1, -0.05) is 39.7 Å². The molecule has 0 saturated heterocycles. The Morgan fingerprint density at radius 2 is 1.71 bits per heavy atom. The second-order valence-corrected chi connectivity index (χ2v) is 10.6. The van der Waals surface area contributed by atoms with E-state index in [4.69, 9.17) is 0 Å². The van der Waals surface area contributed by atoms with Crippen LogP contribution in [0.2, 0.25) is 0 Å². The average Bonchev–Trinajstić information content (AvgIpc) is 2.92. The molecule has 0 aromatic rings. The van der Waals surface area contributed by atoms with Crippen molar-refractivity contribution >= 4 is 0 Å². The van der Waals surface area contributed by atoms with Crippen molar-refractivity contribution in [3.05, 3.63) is 12.7 Å². The van der Waals surface area contributed by atoms with Crippen molar-refractivity contribution in [1.29, 1.82) is 0 Å². The molecule has 0 aromatic heterocycles. The second kappa shape index (κ2) is 6.17. The van der Waals surface area contributed by atoms with Crippen molar-refractivity contribution in [2.24, 2.45) is 46.3 Å². The van der Waals surface area contributed by atoms with E-state index < -0.39 is 0 Å². The maximum absolute atomic E-state index is 4.02. The molecule has 0 aliphatic heterocycles. The number of rotatable bonds is 3. The van der Waals surface area contributed by atoms with Crippen LogP contribution in [0.1, 0.15) is 91.4 Å². The fourth-order valence-corrected chi connectivity index (χ4v) is 8.70. The van der Waals surface area contributed by atoms with E-state index in [-0.39, 0.29) is 0 Å². The molecule has 136 valence electrons. The zero-order valence-corrected chi connectivity index (χ0v) is 16.5. The van der Waals surface area contributed by atoms with E-state index in [2.05, 4.69) is 33.4 Å². The Morgan fingerprint density at radius 1 is 0.917 bits per heavy atom. The molecule has 8 atom stereocenters. The van der Waals surface area contributed by atoms with E-state index in [9.17, 15) is 0 Å². The summed E-state index contributed by atoms with van der Waals surface area (Å²) in [4.78, 5) is 0. The van der Waals surface area contributed by atoms with Gasteiger partial charge in [-0.2, -0.15) is 0 Å². The molecule has 0 bridgehead atoms. The van der Waals surface area contributed by atoms with Gasteiger partial charge in [0, 0.05) is 0 Å². The summed E-state index contributed by atoms with van der Waals surface area (Å²) in [5.41, 5.74) is 1.34. The third kappa shape index (κ3) is 2.38. The lowest BCUT2D eigenvalue weighted by Crippen LogP contribution is -2.53. The van der Waals surface area contributed by atoms with E-state index in [0.29, 0.717) is 10.8 Å². The summed E-state index contributed by atoms with van der Waals surface area (Å²) in [6.45, 7) is 11.9. The van der Waals surface area contributed by atoms with Crippen LogP contribution in [0, 0.1) is 46.3 Å². The van der Waals surface area contributed by atoms with Crippen molar-refractivity contribution in [3.8, 4) is 0 Å². The normalized spacial score (nSPS) is 52.0. The van der Waals surface area contributed by atoms with Gasteiger partial charge in [0.1, 0.15) is 0 Å². The largest absolute Gasteiger partial charge is 0.103 e. The average molecular weight is 329 g/mol. The standard InChI is InChI=1S/C24H40/c1-5-8-17(2)20-12-13-21-19-11-10-18-9-6-7-15-23(18,3)22(19)14-16-24(20,21)4/h5,17-22H,1,6-16H2,2-4H3/t17-,18+,19+,20-,21+,22+,23+,24-/m1/s1. The third-order valence-corrected chi connectivity index (χ3v) is 9.88. The Hall–Kier alpha value is -0.260. The van der Waals surface area contributed by atoms with Gasteiger partial charge in [-0.3, -0.25) is 0 Å². The third-order valence-electron chi connectivity index (χ3n) is 9.88. The monoisotopic (exact) mass is 328 g/mol. The molecule has 4 saturated carbocycles. The van der Waals surface area contributed by atoms with Gasteiger partial charge in [0.25, 0.3) is 0 Å². The van der Waals surface area contributed by atoms with Gasteiger partial charge in [-0.05, 0) is 104 Å². The van der Waals surface area contributed by atoms with Gasteiger partial charge in [0.15, 0.2) is 0 Å². The van der Waals surface area contributed by atoms with Crippen LogP contribution in [0.15, 0.2) is 12.7 Å². The molecule has 0 N–H and O–H groups in total. The smallest absolute Gasteiger partial charge is 0.0264 e. The molecule has 24 heavy (non-hydrogen) atoms. The Bertz CT molecular complexity index is 478. The number of fused-ring (bicyclic) bond motifs is 5. The van der Waals surface area contributed by atoms with Gasteiger partial charge in [-0.25, -0.2) is 0 Å². The number of hydrogen-bond acceptors (Lipinski definition) is 0. The summed E-state index contributed by atoms with van der Waals surface area (Å²) in [5.74, 6) is 6.02. The minimum atomic E-state index is 0.640. The summed E-state index contributed by atoms with van der Waals surface area (Å²) in [5, 5.41) is 0. The zero-order chi connectivity index (χ0) is 16.9. The molecule has 0 amide bonds. The number of allylic oxidation sites excluding steroid dienone is 1. The van der Waals surface area contributed by atoms with E-state index in [1.165, 1.54) is 38.5 Å². The highest BCUT2D eigenvalue weighted by atomic mass is 14.6. The lowest BCUT2D eigenvalue weighted by atomic mass is 9.44. The van der Waals surface area contributed by atoms with Crippen LogP contribution in [0.25, 0.3) is 0 Å². The molecule has 4 rings (SSSR count). The predicted octanol–water partition coefficient (Wildman–Crippen LogP) is 7.25. The number of hydrogen-bond donors (Lipinski definition) is 0. The van der Waals surface area contributed by atoms with Gasteiger partial charge in [0.2, 0.25) is 0 Å². The van der Waals surface area contributed by atoms with Crippen LogP contribution in [0.5, 0.6) is 0 Å². The summed E-state index contributed by atoms with van der Waals surface area (Å²) in [6.07, 6.45) is 18.7. The fraction of sp³-hybridized carbons (Fsp3) is 0.917. The van der Waals surface area contributed by atoms with Crippen molar-refractivity contribution in [2.75, 3.05) is 0 Å². The topological polar surface area (TPSA) is 0 Å². The van der Waals surface area contributed by atoms with Gasteiger partial charge in [-0.15, -0.1) is 6.58 Å². The first-order valence-electron chi connectivity index (χ1n) is 11.1. The van der Waals surface area contributed by atoms with Crippen molar-refractivity contribution in [2.45, 2.75) is 91.4 Å². The highest BCUT2D eigenvalue weighted by Gasteiger charge is 2.59. The van der Waals surface area contributed by atoms with Crippen LogP contribution in [0.3, 0.4) is 0 Å². The molecule has 0 radical (unpaired) electrons. The van der Waals surface area contributed by atoms with E-state index in [0.717, 1.165) is 35.5 Å². The summed E-state index contributed by atoms with van der Waals surface area (Å²) < 4.78 is 0. The Kier molecular flexibility index (Phi) is 4.41. The molecule has 4 aliphatic rings. The SMILES string of the molecule is C=CC[C@@H](C)[C@H]1CC[C@H]2[C@@H]3CC[C@@H]4CCCC[C@]4(C)[C@H]3CC[C@]12C. The van der Waals surface area contributed by atoms with Crippen LogP contribution in [-0.2, 0) is 0 Å². The minimum Gasteiger partial charge on any atom is -0.103 e. The van der Waals surface area contributed by atoms with Gasteiger partial charge < -0.3 is 0 Å².